The summed E-state index contributed by atoms with van der Waals surface area (Å²) in [7, 11) is 0. The molecule has 1 unspecified atom stereocenters. The number of amides is 3. The Hall–Kier alpha value is -5.14. The first kappa shape index (κ1) is 47.2. The number of esters is 3. The van der Waals surface area contributed by atoms with E-state index in [1.807, 2.05) is 42.5 Å². The summed E-state index contributed by atoms with van der Waals surface area (Å²) in [6, 6.07) is 12.0. The number of nitrogens with one attached hydrogen (secondary N) is 1. The molecule has 2 aromatic carbocycles. The molecule has 0 bridgehead atoms. The van der Waals surface area contributed by atoms with Crippen LogP contribution in [0.3, 0.4) is 0 Å². The molecule has 4 atom stereocenters. The number of carbonyl (C=O) groups is 6. The maximum absolute atomic E-state index is 14.9. The predicted octanol–water partition coefficient (Wildman–Crippen LogP) is 7.08. The summed E-state index contributed by atoms with van der Waals surface area (Å²) in [6.45, 7) is 21.0. The Morgan fingerprint density at radius 1 is 0.741 bits per heavy atom. The molecule has 0 spiro atoms. The third kappa shape index (κ3) is 15.0. The van der Waals surface area contributed by atoms with Crippen LogP contribution >= 0.6 is 0 Å². The minimum absolute atomic E-state index is 0.0335. The van der Waals surface area contributed by atoms with Crippen LogP contribution in [-0.2, 0) is 55.7 Å². The first-order chi connectivity index (χ1) is 26.6. The molecule has 0 aliphatic carbocycles. The molecule has 58 heavy (non-hydrogen) atoms. The summed E-state index contributed by atoms with van der Waals surface area (Å²) in [5.74, 6) is -3.16. The lowest BCUT2D eigenvalue weighted by Crippen LogP contribution is -2.59. The van der Waals surface area contributed by atoms with Gasteiger partial charge in [-0.2, -0.15) is 0 Å². The molecule has 3 rings (SSSR count). The van der Waals surface area contributed by atoms with Crippen molar-refractivity contribution in [1.82, 2.24) is 10.2 Å². The standard InChI is InChI=1S/C44H63N3O11/c1-28(35(38(51)56-42(5,6)7)45-39(52)57-43(8,9)10)54-37(50)33(25-23-29-19-15-14-16-20-29)47(40(53)58-44(11,12)13)32-26-24-30-21-17-18-22-31(30)46(36(32)49)27-34(48)55-41(2,3)4/h14-22,28,32-33,35H,23-27H2,1-13H3,(H,45,52)/t28-,32-,33?,35+/m1/s1. The lowest BCUT2D eigenvalue weighted by molar-refractivity contribution is -0.167. The summed E-state index contributed by atoms with van der Waals surface area (Å²) >= 11 is 0. The average molecular weight is 810 g/mol. The number of rotatable bonds is 12. The SMILES string of the molecule is C[C@@H](OC(=O)C(CCc1ccccc1)N(C(=O)OC(C)(C)C)[C@@H]1CCc2ccccc2N(CC(=O)OC(C)(C)C)C1=O)[C@H](NC(=O)OC(C)(C)C)C(=O)OC(C)(C)C. The van der Waals surface area contributed by atoms with Gasteiger partial charge in [-0.25, -0.2) is 19.2 Å². The van der Waals surface area contributed by atoms with Crippen molar-refractivity contribution >= 4 is 41.7 Å². The molecule has 1 aliphatic heterocycles. The van der Waals surface area contributed by atoms with Crippen molar-refractivity contribution in [3.8, 4) is 0 Å². The number of benzene rings is 2. The summed E-state index contributed by atoms with van der Waals surface area (Å²) in [4.78, 5) is 86.3. The van der Waals surface area contributed by atoms with Crippen molar-refractivity contribution in [2.24, 2.45) is 0 Å². The van der Waals surface area contributed by atoms with Gasteiger partial charge in [0.05, 0.1) is 0 Å². The van der Waals surface area contributed by atoms with Crippen molar-refractivity contribution in [3.05, 3.63) is 65.7 Å². The molecule has 14 nitrogen and oxygen atoms in total. The molecule has 1 heterocycles. The molecule has 3 amide bonds. The van der Waals surface area contributed by atoms with E-state index in [2.05, 4.69) is 5.32 Å². The van der Waals surface area contributed by atoms with Crippen molar-refractivity contribution < 1.29 is 52.5 Å². The molecule has 0 fully saturated rings. The van der Waals surface area contributed by atoms with Crippen molar-refractivity contribution in [3.63, 3.8) is 0 Å². The number of ether oxygens (including phenoxy) is 5. The monoisotopic (exact) mass is 809 g/mol. The summed E-state index contributed by atoms with van der Waals surface area (Å²) < 4.78 is 28.5. The number of carbonyl (C=O) groups excluding carboxylic acids is 6. The highest BCUT2D eigenvalue weighted by molar-refractivity contribution is 6.03. The molecule has 0 radical (unpaired) electrons. The van der Waals surface area contributed by atoms with Crippen LogP contribution in [0.5, 0.6) is 0 Å². The maximum atomic E-state index is 14.9. The average Bonchev–Trinajstić information content (AvgIpc) is 3.18. The Morgan fingerprint density at radius 2 is 1.29 bits per heavy atom. The zero-order valence-electron chi connectivity index (χ0n) is 36.4. The second-order valence-electron chi connectivity index (χ2n) is 18.4. The van der Waals surface area contributed by atoms with Crippen molar-refractivity contribution in [2.75, 3.05) is 11.4 Å². The van der Waals surface area contributed by atoms with Gasteiger partial charge in [0, 0.05) is 5.69 Å². The highest BCUT2D eigenvalue weighted by atomic mass is 16.6. The Kier molecular flexibility index (Phi) is 15.5. The molecule has 14 heteroatoms. The molecular formula is C44H63N3O11. The van der Waals surface area contributed by atoms with Crippen LogP contribution in [0, 0.1) is 0 Å². The van der Waals surface area contributed by atoms with Crippen LogP contribution in [0.25, 0.3) is 0 Å². The minimum atomic E-state index is -1.53. The zero-order chi connectivity index (χ0) is 43.8. The second-order valence-corrected chi connectivity index (χ2v) is 18.4. The van der Waals surface area contributed by atoms with Gasteiger partial charge in [-0.3, -0.25) is 19.4 Å². The molecule has 0 saturated carbocycles. The maximum Gasteiger partial charge on any atom is 0.411 e. The van der Waals surface area contributed by atoms with E-state index >= 15 is 0 Å². The first-order valence-corrected chi connectivity index (χ1v) is 19.7. The molecule has 1 N–H and O–H groups in total. The van der Waals surface area contributed by atoms with E-state index in [0.29, 0.717) is 12.1 Å². The van der Waals surface area contributed by atoms with Crippen LogP contribution in [0.2, 0.25) is 0 Å². The topological polar surface area (TPSA) is 167 Å². The number of alkyl carbamates (subject to hydrolysis) is 1. The van der Waals surface area contributed by atoms with E-state index < -0.39 is 89.2 Å². The van der Waals surface area contributed by atoms with Crippen LogP contribution < -0.4 is 10.2 Å². The van der Waals surface area contributed by atoms with Gasteiger partial charge in [0.25, 0.3) is 5.91 Å². The van der Waals surface area contributed by atoms with E-state index in [1.54, 1.807) is 95.2 Å². The summed E-state index contributed by atoms with van der Waals surface area (Å²) in [6.07, 6.45) is -2.67. The van der Waals surface area contributed by atoms with Gasteiger partial charge < -0.3 is 29.0 Å². The number of para-hydroxylation sites is 1. The summed E-state index contributed by atoms with van der Waals surface area (Å²) in [5, 5.41) is 2.49. The number of aryl methyl sites for hydroxylation is 2. The molecule has 1 aliphatic rings. The Labute approximate surface area is 343 Å². The van der Waals surface area contributed by atoms with Crippen LogP contribution in [0.1, 0.15) is 114 Å². The summed E-state index contributed by atoms with van der Waals surface area (Å²) in [5.41, 5.74) is -1.73. The largest absolute Gasteiger partial charge is 0.459 e. The lowest BCUT2D eigenvalue weighted by atomic mass is 9.99. The predicted molar refractivity (Wildman–Crippen MR) is 218 cm³/mol. The Bertz CT molecular complexity index is 1770. The van der Waals surface area contributed by atoms with Crippen LogP contribution in [-0.4, -0.2) is 94.1 Å². The second kappa shape index (κ2) is 19.1. The van der Waals surface area contributed by atoms with Crippen LogP contribution in [0.15, 0.2) is 54.6 Å². The van der Waals surface area contributed by atoms with Gasteiger partial charge in [0.15, 0.2) is 6.04 Å². The number of hydrogen-bond acceptors (Lipinski definition) is 11. The van der Waals surface area contributed by atoms with E-state index in [1.165, 1.54) is 11.8 Å². The molecule has 320 valence electrons. The molecule has 2 aromatic rings. The normalized spacial score (nSPS) is 16.4. The third-order valence-electron chi connectivity index (χ3n) is 8.43. The Balaban J connectivity index is 2.16. The lowest BCUT2D eigenvalue weighted by Gasteiger charge is -2.39. The fraction of sp³-hybridized carbons (Fsp3) is 0.591. The molecular weight excluding hydrogens is 746 g/mol. The highest BCUT2D eigenvalue weighted by Crippen LogP contribution is 2.32. The van der Waals surface area contributed by atoms with Crippen LogP contribution in [0.4, 0.5) is 15.3 Å². The number of nitrogens with zero attached hydrogens (tertiary/aromatic N) is 2. The fourth-order valence-corrected chi connectivity index (χ4v) is 6.23. The number of anilines is 1. The smallest absolute Gasteiger partial charge is 0.411 e. The van der Waals surface area contributed by atoms with E-state index in [4.69, 9.17) is 23.7 Å². The van der Waals surface area contributed by atoms with E-state index in [0.717, 1.165) is 16.0 Å². The van der Waals surface area contributed by atoms with Gasteiger partial charge >= 0.3 is 30.1 Å². The van der Waals surface area contributed by atoms with E-state index in [9.17, 15) is 28.8 Å². The van der Waals surface area contributed by atoms with Gasteiger partial charge in [-0.05, 0) is 133 Å². The first-order valence-electron chi connectivity index (χ1n) is 19.7. The van der Waals surface area contributed by atoms with Gasteiger partial charge in [-0.15, -0.1) is 0 Å². The minimum Gasteiger partial charge on any atom is -0.459 e. The van der Waals surface area contributed by atoms with Crippen molar-refractivity contribution in [1.29, 1.82) is 0 Å². The van der Waals surface area contributed by atoms with Gasteiger partial charge in [0.1, 0.15) is 47.1 Å². The van der Waals surface area contributed by atoms with Crippen molar-refractivity contribution in [2.45, 2.75) is 162 Å². The van der Waals surface area contributed by atoms with E-state index in [-0.39, 0.29) is 19.3 Å². The molecule has 0 aromatic heterocycles. The quantitative estimate of drug-likeness (QED) is 0.172. The Morgan fingerprint density at radius 3 is 1.86 bits per heavy atom. The molecule has 0 saturated heterocycles. The highest BCUT2D eigenvalue weighted by Gasteiger charge is 2.46. The van der Waals surface area contributed by atoms with Gasteiger partial charge in [-0.1, -0.05) is 48.5 Å². The number of fused-ring (bicyclic) bond motifs is 1. The van der Waals surface area contributed by atoms with Gasteiger partial charge in [0.2, 0.25) is 0 Å². The zero-order valence-corrected chi connectivity index (χ0v) is 36.4. The number of hydrogen-bond donors (Lipinski definition) is 1. The fourth-order valence-electron chi connectivity index (χ4n) is 6.23. The third-order valence-corrected chi connectivity index (χ3v) is 8.43.